The lowest BCUT2D eigenvalue weighted by Gasteiger charge is -2.22. The Bertz CT molecular complexity index is 1040. The molecule has 1 heterocycles. The minimum atomic E-state index is -0.660. The van der Waals surface area contributed by atoms with Crippen LogP contribution in [-0.2, 0) is 11.3 Å². The Hall–Kier alpha value is -3.26. The van der Waals surface area contributed by atoms with Crippen molar-refractivity contribution in [2.75, 3.05) is 21.3 Å². The maximum Gasteiger partial charge on any atom is 0.263 e. The van der Waals surface area contributed by atoms with Crippen molar-refractivity contribution in [1.82, 2.24) is 15.0 Å². The first kappa shape index (κ1) is 22.4. The smallest absolute Gasteiger partial charge is 0.263 e. The van der Waals surface area contributed by atoms with Crippen molar-refractivity contribution in [1.29, 1.82) is 0 Å². The van der Waals surface area contributed by atoms with Gasteiger partial charge in [0.15, 0.2) is 6.10 Å². The Morgan fingerprint density at radius 3 is 2.65 bits per heavy atom. The number of aromatic nitrogens is 2. The van der Waals surface area contributed by atoms with Crippen LogP contribution in [0.3, 0.4) is 0 Å². The summed E-state index contributed by atoms with van der Waals surface area (Å²) >= 11 is 5.99. The number of rotatable bonds is 9. The lowest BCUT2D eigenvalue weighted by Crippen LogP contribution is -2.39. The van der Waals surface area contributed by atoms with Gasteiger partial charge in [0.1, 0.15) is 17.2 Å². The van der Waals surface area contributed by atoms with Crippen LogP contribution in [-0.4, -0.2) is 48.3 Å². The monoisotopic (exact) mass is 445 g/mol. The van der Waals surface area contributed by atoms with E-state index in [0.717, 1.165) is 0 Å². The summed E-state index contributed by atoms with van der Waals surface area (Å²) in [6.45, 7) is 2.02. The molecular weight excluding hydrogens is 422 g/mol. The van der Waals surface area contributed by atoms with Gasteiger partial charge in [0.25, 0.3) is 5.91 Å². The van der Waals surface area contributed by atoms with Crippen molar-refractivity contribution in [2.24, 2.45) is 0 Å². The molecule has 1 unspecified atom stereocenters. The van der Waals surface area contributed by atoms with Gasteiger partial charge in [0.2, 0.25) is 11.7 Å². The molecule has 3 aromatic rings. The van der Waals surface area contributed by atoms with Gasteiger partial charge in [-0.1, -0.05) is 29.7 Å². The van der Waals surface area contributed by atoms with E-state index in [-0.39, 0.29) is 12.5 Å². The molecule has 2 aromatic carbocycles. The fourth-order valence-electron chi connectivity index (χ4n) is 2.95. The predicted octanol–water partition coefficient (Wildman–Crippen LogP) is 4.22. The normalized spacial score (nSPS) is 11.6. The van der Waals surface area contributed by atoms with Crippen LogP contribution in [0.25, 0.3) is 11.4 Å². The molecule has 0 aliphatic carbocycles. The number of carbonyl (C=O) groups is 1. The first-order valence-corrected chi connectivity index (χ1v) is 10.0. The van der Waals surface area contributed by atoms with Gasteiger partial charge in [-0.2, -0.15) is 4.98 Å². The molecule has 0 bridgehead atoms. The standard InChI is InChI=1S/C22H24ClN3O5/c1-5-18(30-16-8-6-7-14(23)11-16)22(27)26(2)13-20-24-21(25-31-20)17-10-9-15(28-3)12-19(17)29-4/h6-12,18H,5,13H2,1-4H3. The zero-order valence-electron chi connectivity index (χ0n) is 17.8. The van der Waals surface area contributed by atoms with Gasteiger partial charge >= 0.3 is 0 Å². The largest absolute Gasteiger partial charge is 0.497 e. The van der Waals surface area contributed by atoms with Gasteiger partial charge in [-0.05, 0) is 36.8 Å². The number of amides is 1. The number of ether oxygens (including phenoxy) is 3. The molecule has 0 aliphatic rings. The van der Waals surface area contributed by atoms with Crippen molar-refractivity contribution in [3.05, 3.63) is 53.4 Å². The van der Waals surface area contributed by atoms with E-state index in [4.69, 9.17) is 30.3 Å². The number of likely N-dealkylation sites (N-methyl/N-ethyl adjacent to an activating group) is 1. The van der Waals surface area contributed by atoms with Gasteiger partial charge in [-0.3, -0.25) is 4.79 Å². The van der Waals surface area contributed by atoms with Gasteiger partial charge in [-0.25, -0.2) is 0 Å². The van der Waals surface area contributed by atoms with Crippen molar-refractivity contribution >= 4 is 17.5 Å². The summed E-state index contributed by atoms with van der Waals surface area (Å²) in [5.41, 5.74) is 0.656. The molecule has 1 atom stereocenters. The molecule has 31 heavy (non-hydrogen) atoms. The van der Waals surface area contributed by atoms with Crippen LogP contribution in [0.5, 0.6) is 17.2 Å². The van der Waals surface area contributed by atoms with Crippen LogP contribution < -0.4 is 14.2 Å². The number of benzene rings is 2. The second-order valence-electron chi connectivity index (χ2n) is 6.74. The third-order valence-corrected chi connectivity index (χ3v) is 4.82. The Kier molecular flexibility index (Phi) is 7.36. The zero-order valence-corrected chi connectivity index (χ0v) is 18.5. The van der Waals surface area contributed by atoms with E-state index in [1.807, 2.05) is 6.92 Å². The van der Waals surface area contributed by atoms with Crippen LogP contribution in [0.1, 0.15) is 19.2 Å². The SMILES string of the molecule is CCC(Oc1cccc(Cl)c1)C(=O)N(C)Cc1nc(-c2ccc(OC)cc2OC)no1. The molecule has 0 N–H and O–H groups in total. The molecule has 1 amide bonds. The number of halogens is 1. The quantitative estimate of drug-likeness (QED) is 0.487. The Morgan fingerprint density at radius 1 is 1.16 bits per heavy atom. The lowest BCUT2D eigenvalue weighted by molar-refractivity contribution is -0.138. The second kappa shape index (κ2) is 10.2. The van der Waals surface area contributed by atoms with E-state index in [9.17, 15) is 4.79 Å². The summed E-state index contributed by atoms with van der Waals surface area (Å²) in [6, 6.07) is 12.2. The average Bonchev–Trinajstić information content (AvgIpc) is 3.24. The van der Waals surface area contributed by atoms with Crippen molar-refractivity contribution in [3.63, 3.8) is 0 Å². The summed E-state index contributed by atoms with van der Waals surface area (Å²) in [5.74, 6) is 2.19. The van der Waals surface area contributed by atoms with E-state index in [2.05, 4.69) is 10.1 Å². The van der Waals surface area contributed by atoms with Crippen LogP contribution >= 0.6 is 11.6 Å². The molecule has 164 valence electrons. The Balaban J connectivity index is 1.70. The molecule has 9 heteroatoms. The van der Waals surface area contributed by atoms with Crippen LogP contribution in [0.2, 0.25) is 5.02 Å². The Labute approximate surface area is 185 Å². The molecule has 0 saturated heterocycles. The molecule has 0 radical (unpaired) electrons. The highest BCUT2D eigenvalue weighted by atomic mass is 35.5. The van der Waals surface area contributed by atoms with Gasteiger partial charge in [0.05, 0.1) is 26.3 Å². The summed E-state index contributed by atoms with van der Waals surface area (Å²) in [5, 5.41) is 4.56. The highest BCUT2D eigenvalue weighted by Gasteiger charge is 2.24. The minimum absolute atomic E-state index is 0.139. The summed E-state index contributed by atoms with van der Waals surface area (Å²) in [6.07, 6.45) is -0.166. The molecular formula is C22H24ClN3O5. The van der Waals surface area contributed by atoms with Crippen LogP contribution in [0.15, 0.2) is 47.0 Å². The Morgan fingerprint density at radius 2 is 1.97 bits per heavy atom. The zero-order chi connectivity index (χ0) is 22.4. The molecule has 1 aromatic heterocycles. The fourth-order valence-corrected chi connectivity index (χ4v) is 3.13. The maximum absolute atomic E-state index is 12.9. The van der Waals surface area contributed by atoms with Gasteiger partial charge in [0, 0.05) is 18.1 Å². The van der Waals surface area contributed by atoms with Gasteiger partial charge in [-0.15, -0.1) is 0 Å². The van der Waals surface area contributed by atoms with E-state index in [1.165, 1.54) is 4.90 Å². The fraction of sp³-hybridized carbons (Fsp3) is 0.318. The van der Waals surface area contributed by atoms with Crippen molar-refractivity contribution in [2.45, 2.75) is 26.0 Å². The molecule has 8 nitrogen and oxygen atoms in total. The predicted molar refractivity (Wildman–Crippen MR) is 115 cm³/mol. The van der Waals surface area contributed by atoms with Crippen molar-refractivity contribution < 1.29 is 23.5 Å². The first-order chi connectivity index (χ1) is 14.9. The lowest BCUT2D eigenvalue weighted by atomic mass is 10.2. The highest BCUT2D eigenvalue weighted by molar-refractivity contribution is 6.30. The average molecular weight is 446 g/mol. The van der Waals surface area contributed by atoms with Crippen LogP contribution in [0.4, 0.5) is 0 Å². The van der Waals surface area contributed by atoms with Crippen molar-refractivity contribution in [3.8, 4) is 28.6 Å². The molecule has 0 fully saturated rings. The number of carbonyl (C=O) groups excluding carboxylic acids is 1. The van der Waals surface area contributed by atoms with E-state index >= 15 is 0 Å². The molecule has 3 rings (SSSR count). The highest BCUT2D eigenvalue weighted by Crippen LogP contribution is 2.31. The molecule has 0 saturated carbocycles. The summed E-state index contributed by atoms with van der Waals surface area (Å²) in [7, 11) is 4.79. The van der Waals surface area contributed by atoms with Crippen LogP contribution in [0, 0.1) is 0 Å². The number of methoxy groups -OCH3 is 2. The number of nitrogens with zero attached hydrogens (tertiary/aromatic N) is 3. The third-order valence-electron chi connectivity index (χ3n) is 4.59. The van der Waals surface area contributed by atoms with Gasteiger partial charge < -0.3 is 23.6 Å². The first-order valence-electron chi connectivity index (χ1n) is 9.67. The van der Waals surface area contributed by atoms with E-state index < -0.39 is 6.10 Å². The number of hydrogen-bond acceptors (Lipinski definition) is 7. The third kappa shape index (κ3) is 5.46. The maximum atomic E-state index is 12.9. The van der Waals surface area contributed by atoms with E-state index in [0.29, 0.717) is 46.0 Å². The minimum Gasteiger partial charge on any atom is -0.497 e. The summed E-state index contributed by atoms with van der Waals surface area (Å²) in [4.78, 5) is 18.7. The number of hydrogen-bond donors (Lipinski definition) is 0. The summed E-state index contributed by atoms with van der Waals surface area (Å²) < 4.78 is 21.8. The second-order valence-corrected chi connectivity index (χ2v) is 7.18. The molecule has 0 aliphatic heterocycles. The molecule has 0 spiro atoms. The topological polar surface area (TPSA) is 86.9 Å². The van der Waals surface area contributed by atoms with E-state index in [1.54, 1.807) is 63.7 Å².